The number of rotatable bonds is 7. The first kappa shape index (κ1) is 21.2. The Hall–Kier alpha value is -4.00. The quantitative estimate of drug-likeness (QED) is 0.369. The highest BCUT2D eigenvalue weighted by Crippen LogP contribution is 2.41. The van der Waals surface area contributed by atoms with Gasteiger partial charge in [0, 0.05) is 34.2 Å². The van der Waals surface area contributed by atoms with Gasteiger partial charge in [-0.2, -0.15) is 0 Å². The molecule has 2 aromatic heterocycles. The second kappa shape index (κ2) is 9.01. The molecule has 0 fully saturated rings. The maximum Gasteiger partial charge on any atom is 0.249 e. The summed E-state index contributed by atoms with van der Waals surface area (Å²) in [6, 6.07) is 11.4. The zero-order valence-corrected chi connectivity index (χ0v) is 18.4. The van der Waals surface area contributed by atoms with Crippen LogP contribution < -0.4 is 14.8 Å². The Morgan fingerprint density at radius 3 is 2.66 bits per heavy atom. The Morgan fingerprint density at radius 2 is 2.00 bits per heavy atom. The number of aromatic nitrogens is 1. The topological polar surface area (TPSA) is 86.7 Å². The van der Waals surface area contributed by atoms with E-state index in [1.54, 1.807) is 19.4 Å². The Balaban J connectivity index is 1.80. The first-order valence-corrected chi connectivity index (χ1v) is 10.2. The molecule has 0 aliphatic carbocycles. The van der Waals surface area contributed by atoms with Crippen molar-refractivity contribution in [3.05, 3.63) is 66.1 Å². The third-order valence-corrected chi connectivity index (χ3v) is 5.20. The molecule has 1 N–H and O–H groups in total. The standard InChI is InChI=1S/C25H24N2O5/c1-5-30-24-16(3)25-20(21(14-31-25)17-6-8-18(29-4)9-7-17)13-19(24)15(2)12-23(28)26-22-10-11-32-27-22/h6-14H,5H2,1-4H3,(H,26,27,28)/b15-12+. The maximum absolute atomic E-state index is 12.5. The lowest BCUT2D eigenvalue weighted by Crippen LogP contribution is -2.09. The van der Waals surface area contributed by atoms with Crippen LogP contribution in [0.3, 0.4) is 0 Å². The molecule has 0 saturated carbocycles. The number of aryl methyl sites for hydroxylation is 1. The fourth-order valence-electron chi connectivity index (χ4n) is 3.65. The Morgan fingerprint density at radius 1 is 1.22 bits per heavy atom. The minimum Gasteiger partial charge on any atom is -0.497 e. The molecule has 0 aliphatic heterocycles. The lowest BCUT2D eigenvalue weighted by Gasteiger charge is -2.15. The van der Waals surface area contributed by atoms with Crippen molar-refractivity contribution in [2.45, 2.75) is 20.8 Å². The van der Waals surface area contributed by atoms with Crippen LogP contribution in [-0.4, -0.2) is 24.8 Å². The van der Waals surface area contributed by atoms with Crippen LogP contribution in [0.25, 0.3) is 27.7 Å². The molecule has 7 heteroatoms. The van der Waals surface area contributed by atoms with E-state index in [1.807, 2.05) is 51.1 Å². The number of hydrogen-bond acceptors (Lipinski definition) is 6. The molecule has 2 aromatic carbocycles. The van der Waals surface area contributed by atoms with Crippen molar-refractivity contribution in [3.63, 3.8) is 0 Å². The van der Waals surface area contributed by atoms with Gasteiger partial charge in [0.2, 0.25) is 5.91 Å². The van der Waals surface area contributed by atoms with Crippen LogP contribution >= 0.6 is 0 Å². The molecule has 0 atom stereocenters. The van der Waals surface area contributed by atoms with E-state index in [4.69, 9.17) is 18.4 Å². The molecule has 4 aromatic rings. The molecule has 0 unspecified atom stereocenters. The molecule has 0 aliphatic rings. The highest BCUT2D eigenvalue weighted by atomic mass is 16.5. The van der Waals surface area contributed by atoms with Crippen LogP contribution in [-0.2, 0) is 4.79 Å². The molecule has 2 heterocycles. The summed E-state index contributed by atoms with van der Waals surface area (Å²) < 4.78 is 21.9. The Labute approximate surface area is 185 Å². The number of amides is 1. The number of fused-ring (bicyclic) bond motifs is 1. The van der Waals surface area contributed by atoms with Crippen LogP contribution in [0.2, 0.25) is 0 Å². The molecule has 4 rings (SSSR count). The van der Waals surface area contributed by atoms with Crippen molar-refractivity contribution in [2.75, 3.05) is 19.0 Å². The average Bonchev–Trinajstić information content (AvgIpc) is 3.45. The number of ether oxygens (including phenoxy) is 2. The summed E-state index contributed by atoms with van der Waals surface area (Å²) in [7, 11) is 1.64. The van der Waals surface area contributed by atoms with Crippen LogP contribution in [0.4, 0.5) is 5.82 Å². The van der Waals surface area contributed by atoms with Gasteiger partial charge in [0.05, 0.1) is 20.0 Å². The third kappa shape index (κ3) is 4.09. The van der Waals surface area contributed by atoms with Crippen LogP contribution in [0.1, 0.15) is 25.0 Å². The highest BCUT2D eigenvalue weighted by molar-refractivity contribution is 6.05. The molecule has 0 radical (unpaired) electrons. The summed E-state index contributed by atoms with van der Waals surface area (Å²) in [5, 5.41) is 7.32. The van der Waals surface area contributed by atoms with Gasteiger partial charge in [-0.1, -0.05) is 17.3 Å². The summed E-state index contributed by atoms with van der Waals surface area (Å²) in [4.78, 5) is 12.5. The number of benzene rings is 2. The summed E-state index contributed by atoms with van der Waals surface area (Å²) in [6.07, 6.45) is 4.66. The van der Waals surface area contributed by atoms with Crippen molar-refractivity contribution >= 4 is 28.3 Å². The average molecular weight is 432 g/mol. The highest BCUT2D eigenvalue weighted by Gasteiger charge is 2.19. The number of carbonyl (C=O) groups excluding carboxylic acids is 1. The molecular formula is C25H24N2O5. The second-order valence-electron chi connectivity index (χ2n) is 7.27. The van der Waals surface area contributed by atoms with Crippen molar-refractivity contribution in [1.82, 2.24) is 5.16 Å². The maximum atomic E-state index is 12.5. The van der Waals surface area contributed by atoms with Gasteiger partial charge in [-0.3, -0.25) is 4.79 Å². The zero-order valence-electron chi connectivity index (χ0n) is 18.4. The van der Waals surface area contributed by atoms with Crippen LogP contribution in [0.5, 0.6) is 11.5 Å². The van der Waals surface area contributed by atoms with Gasteiger partial charge in [0.15, 0.2) is 5.82 Å². The van der Waals surface area contributed by atoms with Crippen LogP contribution in [0, 0.1) is 6.92 Å². The number of hydrogen-bond donors (Lipinski definition) is 1. The van der Waals surface area contributed by atoms with Gasteiger partial charge < -0.3 is 23.7 Å². The first-order valence-electron chi connectivity index (χ1n) is 10.2. The van der Waals surface area contributed by atoms with E-state index < -0.39 is 0 Å². The number of nitrogens with zero attached hydrogens (tertiary/aromatic N) is 1. The van der Waals surface area contributed by atoms with E-state index >= 15 is 0 Å². The van der Waals surface area contributed by atoms with E-state index in [2.05, 4.69) is 10.5 Å². The predicted octanol–water partition coefficient (Wildman–Crippen LogP) is 5.85. The molecule has 164 valence electrons. The van der Waals surface area contributed by atoms with Gasteiger partial charge in [0.1, 0.15) is 23.3 Å². The minimum absolute atomic E-state index is 0.306. The first-order chi connectivity index (χ1) is 15.5. The molecule has 0 bridgehead atoms. The largest absolute Gasteiger partial charge is 0.497 e. The smallest absolute Gasteiger partial charge is 0.249 e. The second-order valence-corrected chi connectivity index (χ2v) is 7.27. The monoisotopic (exact) mass is 432 g/mol. The van der Waals surface area contributed by atoms with Gasteiger partial charge in [-0.05, 0) is 50.1 Å². The number of carbonyl (C=O) groups is 1. The van der Waals surface area contributed by atoms with E-state index in [9.17, 15) is 4.79 Å². The Bertz CT molecular complexity index is 1270. The van der Waals surface area contributed by atoms with E-state index in [0.717, 1.165) is 44.5 Å². The van der Waals surface area contributed by atoms with Gasteiger partial charge in [0.25, 0.3) is 0 Å². The van der Waals surface area contributed by atoms with Crippen molar-refractivity contribution in [3.8, 4) is 22.6 Å². The summed E-state index contributed by atoms with van der Waals surface area (Å²) in [5.74, 6) is 1.53. The molecule has 32 heavy (non-hydrogen) atoms. The number of nitrogens with one attached hydrogen (secondary N) is 1. The van der Waals surface area contributed by atoms with Crippen molar-refractivity contribution in [1.29, 1.82) is 0 Å². The molecule has 1 amide bonds. The summed E-state index contributed by atoms with van der Waals surface area (Å²) in [5.41, 5.74) is 5.16. The van der Waals surface area contributed by atoms with Crippen molar-refractivity contribution in [2.24, 2.45) is 0 Å². The molecule has 0 spiro atoms. The minimum atomic E-state index is -0.306. The lowest BCUT2D eigenvalue weighted by molar-refractivity contribution is -0.111. The lowest BCUT2D eigenvalue weighted by atomic mass is 9.96. The van der Waals surface area contributed by atoms with E-state index in [1.165, 1.54) is 12.3 Å². The van der Waals surface area contributed by atoms with E-state index in [-0.39, 0.29) is 5.91 Å². The third-order valence-electron chi connectivity index (χ3n) is 5.20. The number of furan rings is 1. The Kier molecular flexibility index (Phi) is 5.98. The normalized spacial score (nSPS) is 11.6. The fourth-order valence-corrected chi connectivity index (χ4v) is 3.65. The fraction of sp³-hybridized carbons (Fsp3) is 0.200. The van der Waals surface area contributed by atoms with Gasteiger partial charge in [-0.25, -0.2) is 0 Å². The molecule has 7 nitrogen and oxygen atoms in total. The SMILES string of the molecule is CCOc1c(/C(C)=C/C(=O)Nc2ccon2)cc2c(-c3ccc(OC)cc3)coc2c1C. The van der Waals surface area contributed by atoms with E-state index in [0.29, 0.717) is 18.2 Å². The molecule has 0 saturated heterocycles. The van der Waals surface area contributed by atoms with Crippen molar-refractivity contribution < 1.29 is 23.2 Å². The number of allylic oxidation sites excluding steroid dienone is 1. The number of methoxy groups -OCH3 is 1. The zero-order chi connectivity index (χ0) is 22.7. The number of anilines is 1. The molecular weight excluding hydrogens is 408 g/mol. The van der Waals surface area contributed by atoms with Gasteiger partial charge in [-0.15, -0.1) is 0 Å². The predicted molar refractivity (Wildman–Crippen MR) is 123 cm³/mol. The van der Waals surface area contributed by atoms with Gasteiger partial charge >= 0.3 is 0 Å². The van der Waals surface area contributed by atoms with Crippen LogP contribution in [0.15, 0.2) is 63.9 Å². The summed E-state index contributed by atoms with van der Waals surface area (Å²) in [6.45, 7) is 6.25. The summed E-state index contributed by atoms with van der Waals surface area (Å²) >= 11 is 0.